The molecule has 0 spiro atoms. The molecule has 1 aliphatic rings. The van der Waals surface area contributed by atoms with Gasteiger partial charge in [-0.25, -0.2) is 8.42 Å². The smallest absolute Gasteiger partial charge is 0.244 e. The lowest BCUT2D eigenvalue weighted by atomic mass is 10.2. The Labute approximate surface area is 129 Å². The average molecular weight is 324 g/mol. The summed E-state index contributed by atoms with van der Waals surface area (Å²) in [6.45, 7) is 0.895. The number of rotatable bonds is 2. The van der Waals surface area contributed by atoms with E-state index in [1.54, 1.807) is 18.2 Å². The fraction of sp³-hybridized carbons (Fsp3) is 0.200. The maximum Gasteiger partial charge on any atom is 0.244 e. The number of sulfonamides is 1. The summed E-state index contributed by atoms with van der Waals surface area (Å²) < 4.78 is 32.5. The van der Waals surface area contributed by atoms with Gasteiger partial charge in [-0.3, -0.25) is 0 Å². The lowest BCUT2D eigenvalue weighted by molar-refractivity contribution is 0.293. The number of fused-ring (bicyclic) bond motifs is 1. The molecule has 2 aromatic carbocycles. The molecule has 0 radical (unpaired) electrons. The van der Waals surface area contributed by atoms with Crippen LogP contribution >= 0.6 is 11.6 Å². The number of nitrogens with zero attached hydrogens (tertiary/aromatic N) is 1. The summed E-state index contributed by atoms with van der Waals surface area (Å²) in [6, 6.07) is 13.9. The van der Waals surface area contributed by atoms with Crippen molar-refractivity contribution in [1.29, 1.82) is 0 Å². The third-order valence-corrected chi connectivity index (χ3v) is 5.72. The highest BCUT2D eigenvalue weighted by atomic mass is 35.5. The molecule has 3 rings (SSSR count). The van der Waals surface area contributed by atoms with Gasteiger partial charge in [0.15, 0.2) is 0 Å². The van der Waals surface area contributed by atoms with Crippen LogP contribution in [0.2, 0.25) is 5.02 Å². The summed E-state index contributed by atoms with van der Waals surface area (Å²) in [5, 5.41) is 0.232. The van der Waals surface area contributed by atoms with Gasteiger partial charge in [0.05, 0.1) is 5.02 Å². The average Bonchev–Trinajstić information content (AvgIpc) is 2.70. The van der Waals surface area contributed by atoms with Gasteiger partial charge < -0.3 is 4.74 Å². The second kappa shape index (κ2) is 5.67. The molecule has 21 heavy (non-hydrogen) atoms. The molecule has 110 valence electrons. The van der Waals surface area contributed by atoms with Crippen molar-refractivity contribution in [2.75, 3.05) is 13.2 Å². The highest BCUT2D eigenvalue weighted by Gasteiger charge is 2.28. The molecule has 0 aromatic heterocycles. The molecule has 0 saturated heterocycles. The maximum atomic E-state index is 12.8. The van der Waals surface area contributed by atoms with Crippen molar-refractivity contribution >= 4 is 21.6 Å². The highest BCUT2D eigenvalue weighted by molar-refractivity contribution is 7.89. The van der Waals surface area contributed by atoms with Gasteiger partial charge in [0.2, 0.25) is 10.0 Å². The first-order valence-corrected chi connectivity index (χ1v) is 8.36. The zero-order chi connectivity index (χ0) is 14.9. The fourth-order valence-corrected chi connectivity index (χ4v) is 4.20. The zero-order valence-corrected chi connectivity index (χ0v) is 12.8. The van der Waals surface area contributed by atoms with Crippen LogP contribution in [-0.2, 0) is 16.6 Å². The fourth-order valence-electron chi connectivity index (χ4n) is 2.30. The standard InChI is InChI=1S/C15H14ClNO3S/c16-13-6-2-4-8-15(13)21(18,19)17-9-10-20-14-7-3-1-5-12(14)11-17/h1-8H,9-11H2. The quantitative estimate of drug-likeness (QED) is 0.853. The van der Waals surface area contributed by atoms with E-state index in [9.17, 15) is 8.42 Å². The van der Waals surface area contributed by atoms with Crippen LogP contribution in [0.15, 0.2) is 53.4 Å². The molecular weight excluding hydrogens is 310 g/mol. The van der Waals surface area contributed by atoms with Gasteiger partial charge in [-0.2, -0.15) is 4.31 Å². The maximum absolute atomic E-state index is 12.8. The van der Waals surface area contributed by atoms with Crippen molar-refractivity contribution in [1.82, 2.24) is 4.31 Å². The van der Waals surface area contributed by atoms with Crippen LogP contribution < -0.4 is 4.74 Å². The van der Waals surface area contributed by atoms with Crippen LogP contribution in [0.4, 0.5) is 0 Å². The van der Waals surface area contributed by atoms with Crippen LogP contribution in [0.5, 0.6) is 5.75 Å². The van der Waals surface area contributed by atoms with Crippen molar-refractivity contribution in [2.45, 2.75) is 11.4 Å². The van der Waals surface area contributed by atoms with E-state index in [1.165, 1.54) is 10.4 Å². The number of para-hydroxylation sites is 1. The van der Waals surface area contributed by atoms with Gasteiger partial charge in [-0.15, -0.1) is 0 Å². The second-order valence-corrected chi connectivity index (χ2v) is 7.04. The van der Waals surface area contributed by atoms with Gasteiger partial charge in [0.1, 0.15) is 17.3 Å². The monoisotopic (exact) mass is 323 g/mol. The normalized spacial score (nSPS) is 15.9. The van der Waals surface area contributed by atoms with Crippen LogP contribution in [-0.4, -0.2) is 25.9 Å². The molecule has 0 aliphatic carbocycles. The number of ether oxygens (including phenoxy) is 1. The molecule has 0 atom stereocenters. The minimum Gasteiger partial charge on any atom is -0.492 e. The summed E-state index contributed by atoms with van der Waals surface area (Å²) in [5.41, 5.74) is 0.852. The van der Waals surface area contributed by atoms with Gasteiger partial charge in [0, 0.05) is 18.7 Å². The van der Waals surface area contributed by atoms with Crippen LogP contribution in [0.25, 0.3) is 0 Å². The van der Waals surface area contributed by atoms with Crippen LogP contribution in [0.1, 0.15) is 5.56 Å². The third-order valence-electron chi connectivity index (χ3n) is 3.37. The Hall–Kier alpha value is -1.56. The van der Waals surface area contributed by atoms with Gasteiger partial charge in [-0.1, -0.05) is 41.9 Å². The van der Waals surface area contributed by atoms with Gasteiger partial charge in [-0.05, 0) is 18.2 Å². The lowest BCUT2D eigenvalue weighted by Crippen LogP contribution is -2.32. The van der Waals surface area contributed by atoms with E-state index >= 15 is 0 Å². The molecule has 6 heteroatoms. The van der Waals surface area contributed by atoms with Crippen molar-refractivity contribution in [3.8, 4) is 5.75 Å². The number of benzene rings is 2. The second-order valence-electron chi connectivity index (χ2n) is 4.73. The van der Waals surface area contributed by atoms with E-state index in [0.717, 1.165) is 11.3 Å². The molecule has 4 nitrogen and oxygen atoms in total. The number of hydrogen-bond donors (Lipinski definition) is 0. The molecular formula is C15H14ClNO3S. The van der Waals surface area contributed by atoms with E-state index in [2.05, 4.69) is 0 Å². The molecule has 2 aromatic rings. The number of halogens is 1. The third kappa shape index (κ3) is 2.77. The minimum atomic E-state index is -3.64. The Morgan fingerprint density at radius 1 is 1.05 bits per heavy atom. The predicted molar refractivity (Wildman–Crippen MR) is 81.0 cm³/mol. The Morgan fingerprint density at radius 2 is 1.76 bits per heavy atom. The SMILES string of the molecule is O=S(=O)(c1ccccc1Cl)N1CCOc2ccccc2C1. The van der Waals surface area contributed by atoms with Gasteiger partial charge >= 0.3 is 0 Å². The predicted octanol–water partition coefficient (Wildman–Crippen LogP) is 2.92. The highest BCUT2D eigenvalue weighted by Crippen LogP contribution is 2.29. The zero-order valence-electron chi connectivity index (χ0n) is 11.2. The van der Waals surface area contributed by atoms with E-state index in [-0.39, 0.29) is 16.5 Å². The summed E-state index contributed by atoms with van der Waals surface area (Å²) in [7, 11) is -3.64. The van der Waals surface area contributed by atoms with E-state index < -0.39 is 10.0 Å². The van der Waals surface area contributed by atoms with Crippen LogP contribution in [0, 0.1) is 0 Å². The van der Waals surface area contributed by atoms with E-state index in [0.29, 0.717) is 13.2 Å². The molecule has 1 heterocycles. The summed E-state index contributed by atoms with van der Waals surface area (Å²) in [5.74, 6) is 0.731. The first-order valence-electron chi connectivity index (χ1n) is 6.54. The Kier molecular flexibility index (Phi) is 3.89. The molecule has 0 N–H and O–H groups in total. The van der Waals surface area contributed by atoms with Crippen molar-refractivity contribution in [3.05, 3.63) is 59.1 Å². The number of hydrogen-bond acceptors (Lipinski definition) is 3. The molecule has 0 amide bonds. The summed E-state index contributed by atoms with van der Waals surface area (Å²) in [6.07, 6.45) is 0. The summed E-state index contributed by atoms with van der Waals surface area (Å²) in [4.78, 5) is 0.131. The van der Waals surface area contributed by atoms with E-state index in [4.69, 9.17) is 16.3 Å². The van der Waals surface area contributed by atoms with Crippen molar-refractivity contribution in [2.24, 2.45) is 0 Å². The molecule has 1 aliphatic heterocycles. The lowest BCUT2D eigenvalue weighted by Gasteiger charge is -2.20. The minimum absolute atomic E-state index is 0.131. The Morgan fingerprint density at radius 3 is 2.57 bits per heavy atom. The Bertz CT molecular complexity index is 761. The molecule has 0 saturated carbocycles. The van der Waals surface area contributed by atoms with Crippen molar-refractivity contribution < 1.29 is 13.2 Å². The molecule has 0 bridgehead atoms. The Balaban J connectivity index is 1.99. The largest absolute Gasteiger partial charge is 0.492 e. The summed E-state index contributed by atoms with van der Waals surface area (Å²) >= 11 is 6.03. The van der Waals surface area contributed by atoms with E-state index in [1.807, 2.05) is 24.3 Å². The first kappa shape index (κ1) is 14.4. The van der Waals surface area contributed by atoms with Crippen LogP contribution in [0.3, 0.4) is 0 Å². The molecule has 0 unspecified atom stereocenters. The molecule has 0 fully saturated rings. The first-order chi connectivity index (χ1) is 10.1. The van der Waals surface area contributed by atoms with Gasteiger partial charge in [0.25, 0.3) is 0 Å². The van der Waals surface area contributed by atoms with Crippen molar-refractivity contribution in [3.63, 3.8) is 0 Å². The topological polar surface area (TPSA) is 46.6 Å².